The largest absolute Gasteiger partial charge is 0.497 e. The predicted octanol–water partition coefficient (Wildman–Crippen LogP) is 3.06. The standard InChI is InChI=1S/C16H28N2O/c1-12(2)11-18(13(3)4)16(10-17)14-7-6-8-15(9-14)19-5/h6-9,12-13,16H,10-11,17H2,1-5H3. The molecule has 3 nitrogen and oxygen atoms in total. The van der Waals surface area contributed by atoms with E-state index < -0.39 is 0 Å². The van der Waals surface area contributed by atoms with Gasteiger partial charge in [-0.3, -0.25) is 4.90 Å². The van der Waals surface area contributed by atoms with E-state index in [-0.39, 0.29) is 6.04 Å². The Bertz CT molecular complexity index is 377. The topological polar surface area (TPSA) is 38.5 Å². The molecule has 0 aliphatic heterocycles. The molecule has 0 spiro atoms. The van der Waals surface area contributed by atoms with Crippen molar-refractivity contribution >= 4 is 0 Å². The highest BCUT2D eigenvalue weighted by Crippen LogP contribution is 2.26. The van der Waals surface area contributed by atoms with Gasteiger partial charge in [0.1, 0.15) is 5.75 Å². The van der Waals surface area contributed by atoms with E-state index in [1.165, 1.54) is 5.56 Å². The van der Waals surface area contributed by atoms with E-state index in [0.29, 0.717) is 18.5 Å². The third-order valence-electron chi connectivity index (χ3n) is 3.34. The van der Waals surface area contributed by atoms with Gasteiger partial charge in [0, 0.05) is 25.2 Å². The first-order chi connectivity index (χ1) is 8.99. The molecule has 0 aliphatic carbocycles. The molecule has 1 aromatic carbocycles. The summed E-state index contributed by atoms with van der Waals surface area (Å²) < 4.78 is 5.31. The molecular weight excluding hydrogens is 236 g/mol. The Hall–Kier alpha value is -1.06. The van der Waals surface area contributed by atoms with Crippen LogP contribution in [0.4, 0.5) is 0 Å². The lowest BCUT2D eigenvalue weighted by atomic mass is 10.0. The summed E-state index contributed by atoms with van der Waals surface area (Å²) in [6.45, 7) is 10.6. The van der Waals surface area contributed by atoms with Gasteiger partial charge in [0.15, 0.2) is 0 Å². The monoisotopic (exact) mass is 264 g/mol. The second-order valence-electron chi connectivity index (χ2n) is 5.71. The van der Waals surface area contributed by atoms with Gasteiger partial charge in [-0.2, -0.15) is 0 Å². The fourth-order valence-electron chi connectivity index (χ4n) is 2.43. The van der Waals surface area contributed by atoms with E-state index in [9.17, 15) is 0 Å². The van der Waals surface area contributed by atoms with E-state index in [1.54, 1.807) is 7.11 Å². The lowest BCUT2D eigenvalue weighted by Gasteiger charge is -2.36. The first-order valence-corrected chi connectivity index (χ1v) is 7.09. The maximum absolute atomic E-state index is 6.03. The molecule has 0 amide bonds. The lowest BCUT2D eigenvalue weighted by Crippen LogP contribution is -2.40. The zero-order valence-electron chi connectivity index (χ0n) is 12.9. The van der Waals surface area contributed by atoms with Crippen LogP contribution in [0, 0.1) is 5.92 Å². The quantitative estimate of drug-likeness (QED) is 0.822. The molecule has 0 aliphatic rings. The second-order valence-corrected chi connectivity index (χ2v) is 5.71. The second kappa shape index (κ2) is 7.51. The molecule has 1 aromatic rings. The Morgan fingerprint density at radius 3 is 2.37 bits per heavy atom. The molecule has 0 radical (unpaired) electrons. The Morgan fingerprint density at radius 2 is 1.89 bits per heavy atom. The third-order valence-corrected chi connectivity index (χ3v) is 3.34. The summed E-state index contributed by atoms with van der Waals surface area (Å²) in [4.78, 5) is 2.47. The van der Waals surface area contributed by atoms with Crippen LogP contribution >= 0.6 is 0 Å². The first kappa shape index (κ1) is 16.0. The molecule has 1 rings (SSSR count). The van der Waals surface area contributed by atoms with Crippen molar-refractivity contribution < 1.29 is 4.74 Å². The molecule has 0 fully saturated rings. The number of hydrogen-bond donors (Lipinski definition) is 1. The number of nitrogens with zero attached hydrogens (tertiary/aromatic N) is 1. The van der Waals surface area contributed by atoms with Crippen LogP contribution < -0.4 is 10.5 Å². The molecule has 0 heterocycles. The van der Waals surface area contributed by atoms with Gasteiger partial charge in [-0.1, -0.05) is 26.0 Å². The normalized spacial score (nSPS) is 13.3. The van der Waals surface area contributed by atoms with Gasteiger partial charge in [-0.15, -0.1) is 0 Å². The molecule has 0 bridgehead atoms. The summed E-state index contributed by atoms with van der Waals surface area (Å²) in [5.74, 6) is 1.52. The number of hydrogen-bond acceptors (Lipinski definition) is 3. The summed E-state index contributed by atoms with van der Waals surface area (Å²) in [7, 11) is 1.70. The third kappa shape index (κ3) is 4.51. The van der Waals surface area contributed by atoms with Crippen molar-refractivity contribution in [3.8, 4) is 5.75 Å². The molecule has 0 aromatic heterocycles. The molecule has 2 N–H and O–H groups in total. The van der Waals surface area contributed by atoms with Gasteiger partial charge in [-0.25, -0.2) is 0 Å². The number of ether oxygens (including phenoxy) is 1. The Kier molecular flexibility index (Phi) is 6.32. The van der Waals surface area contributed by atoms with E-state index >= 15 is 0 Å². The molecule has 0 saturated heterocycles. The molecule has 1 atom stereocenters. The molecular formula is C16H28N2O. The molecule has 1 unspecified atom stereocenters. The fourth-order valence-corrected chi connectivity index (χ4v) is 2.43. The Morgan fingerprint density at radius 1 is 1.21 bits per heavy atom. The van der Waals surface area contributed by atoms with Crippen LogP contribution in [0.1, 0.15) is 39.3 Å². The molecule has 3 heteroatoms. The highest BCUT2D eigenvalue weighted by molar-refractivity contribution is 5.30. The van der Waals surface area contributed by atoms with Crippen LogP contribution in [0.25, 0.3) is 0 Å². The summed E-state index contributed by atoms with van der Waals surface area (Å²) >= 11 is 0. The van der Waals surface area contributed by atoms with Gasteiger partial charge in [0.2, 0.25) is 0 Å². The number of nitrogens with two attached hydrogens (primary N) is 1. The van der Waals surface area contributed by atoms with Gasteiger partial charge in [0.25, 0.3) is 0 Å². The minimum absolute atomic E-state index is 0.248. The first-order valence-electron chi connectivity index (χ1n) is 7.09. The summed E-state index contributed by atoms with van der Waals surface area (Å²) in [6.07, 6.45) is 0. The van der Waals surface area contributed by atoms with Crippen LogP contribution in [-0.2, 0) is 0 Å². The highest BCUT2D eigenvalue weighted by atomic mass is 16.5. The van der Waals surface area contributed by atoms with Crippen molar-refractivity contribution in [1.29, 1.82) is 0 Å². The SMILES string of the molecule is COc1cccc(C(CN)N(CC(C)C)C(C)C)c1. The van der Waals surface area contributed by atoms with E-state index in [0.717, 1.165) is 12.3 Å². The zero-order chi connectivity index (χ0) is 14.4. The zero-order valence-corrected chi connectivity index (χ0v) is 12.9. The van der Waals surface area contributed by atoms with E-state index in [1.807, 2.05) is 12.1 Å². The van der Waals surface area contributed by atoms with Crippen LogP contribution in [0.5, 0.6) is 5.75 Å². The smallest absolute Gasteiger partial charge is 0.119 e. The van der Waals surface area contributed by atoms with Gasteiger partial charge >= 0.3 is 0 Å². The number of methoxy groups -OCH3 is 1. The Balaban J connectivity index is 3.01. The highest BCUT2D eigenvalue weighted by Gasteiger charge is 2.22. The van der Waals surface area contributed by atoms with E-state index in [4.69, 9.17) is 10.5 Å². The van der Waals surface area contributed by atoms with E-state index in [2.05, 4.69) is 44.7 Å². The number of rotatable bonds is 7. The maximum atomic E-state index is 6.03. The van der Waals surface area contributed by atoms with Gasteiger partial charge in [-0.05, 0) is 37.5 Å². The van der Waals surface area contributed by atoms with Gasteiger partial charge < -0.3 is 10.5 Å². The van der Waals surface area contributed by atoms with Crippen molar-refractivity contribution in [3.63, 3.8) is 0 Å². The summed E-state index contributed by atoms with van der Waals surface area (Å²) in [6, 6.07) is 8.95. The maximum Gasteiger partial charge on any atom is 0.119 e. The van der Waals surface area contributed by atoms with Crippen LogP contribution in [0.15, 0.2) is 24.3 Å². The van der Waals surface area contributed by atoms with Crippen molar-refractivity contribution in [2.75, 3.05) is 20.2 Å². The lowest BCUT2D eigenvalue weighted by molar-refractivity contribution is 0.138. The fraction of sp³-hybridized carbons (Fsp3) is 0.625. The average Bonchev–Trinajstić information content (AvgIpc) is 2.38. The van der Waals surface area contributed by atoms with Crippen LogP contribution in [-0.4, -0.2) is 31.1 Å². The average molecular weight is 264 g/mol. The summed E-state index contributed by atoms with van der Waals surface area (Å²) in [5.41, 5.74) is 7.26. The molecule has 19 heavy (non-hydrogen) atoms. The van der Waals surface area contributed by atoms with Crippen LogP contribution in [0.3, 0.4) is 0 Å². The van der Waals surface area contributed by atoms with Gasteiger partial charge in [0.05, 0.1) is 7.11 Å². The summed E-state index contributed by atoms with van der Waals surface area (Å²) in [5, 5.41) is 0. The Labute approximate surface area is 117 Å². The van der Waals surface area contributed by atoms with Crippen LogP contribution in [0.2, 0.25) is 0 Å². The van der Waals surface area contributed by atoms with Crippen molar-refractivity contribution in [2.24, 2.45) is 11.7 Å². The van der Waals surface area contributed by atoms with Crippen molar-refractivity contribution in [3.05, 3.63) is 29.8 Å². The minimum Gasteiger partial charge on any atom is -0.497 e. The predicted molar refractivity (Wildman–Crippen MR) is 81.5 cm³/mol. The van der Waals surface area contributed by atoms with Crippen molar-refractivity contribution in [2.45, 2.75) is 39.8 Å². The minimum atomic E-state index is 0.248. The number of benzene rings is 1. The molecule has 0 saturated carbocycles. The molecule has 108 valence electrons. The van der Waals surface area contributed by atoms with Crippen molar-refractivity contribution in [1.82, 2.24) is 4.90 Å².